The Hall–Kier alpha value is -1.42. The highest BCUT2D eigenvalue weighted by molar-refractivity contribution is 7.89. The van der Waals surface area contributed by atoms with Gasteiger partial charge in [0.25, 0.3) is 0 Å². The molecule has 1 aliphatic heterocycles. The van der Waals surface area contributed by atoms with Gasteiger partial charge in [0, 0.05) is 18.6 Å². The molecule has 5 nitrogen and oxygen atoms in total. The minimum absolute atomic E-state index is 0.0583. The van der Waals surface area contributed by atoms with E-state index in [9.17, 15) is 8.42 Å². The summed E-state index contributed by atoms with van der Waals surface area (Å²) in [5.74, 6) is 0. The van der Waals surface area contributed by atoms with Crippen LogP contribution in [0.3, 0.4) is 0 Å². The Kier molecular flexibility index (Phi) is 4.14. The topological polar surface area (TPSA) is 87.2 Å². The molecule has 108 valence electrons. The molecule has 2 unspecified atom stereocenters. The van der Waals surface area contributed by atoms with Gasteiger partial charge in [0.1, 0.15) is 0 Å². The van der Waals surface area contributed by atoms with Gasteiger partial charge in [-0.3, -0.25) is 0 Å². The van der Waals surface area contributed by atoms with Crippen LogP contribution in [0.25, 0.3) is 0 Å². The number of hydrogen-bond donors (Lipinski definition) is 1. The molecule has 0 saturated carbocycles. The van der Waals surface area contributed by atoms with E-state index < -0.39 is 10.0 Å². The molecular formula is C14H19N3O2S. The smallest absolute Gasteiger partial charge is 0.243 e. The van der Waals surface area contributed by atoms with Crippen molar-refractivity contribution in [2.45, 2.75) is 43.7 Å². The fraction of sp³-hybridized carbons (Fsp3) is 0.500. The van der Waals surface area contributed by atoms with Crippen molar-refractivity contribution >= 4 is 10.0 Å². The summed E-state index contributed by atoms with van der Waals surface area (Å²) in [5.41, 5.74) is 6.90. The summed E-state index contributed by atoms with van der Waals surface area (Å²) in [6.45, 7) is 4.05. The molecule has 0 spiro atoms. The largest absolute Gasteiger partial charge is 0.328 e. The molecule has 2 rings (SSSR count). The maximum Gasteiger partial charge on any atom is 0.243 e. The summed E-state index contributed by atoms with van der Waals surface area (Å²) in [6.07, 6.45) is 1.33. The van der Waals surface area contributed by atoms with Crippen LogP contribution >= 0.6 is 0 Å². The fourth-order valence-corrected chi connectivity index (χ4v) is 4.53. The van der Waals surface area contributed by atoms with E-state index in [0.29, 0.717) is 30.5 Å². The number of nitriles is 1. The Labute approximate surface area is 120 Å². The molecule has 2 N–H and O–H groups in total. The van der Waals surface area contributed by atoms with Gasteiger partial charge in [-0.2, -0.15) is 9.57 Å². The predicted octanol–water partition coefficient (Wildman–Crippen LogP) is 1.37. The highest BCUT2D eigenvalue weighted by Crippen LogP contribution is 2.27. The second-order valence-electron chi connectivity index (χ2n) is 5.34. The number of aryl methyl sites for hydroxylation is 1. The third kappa shape index (κ3) is 2.70. The molecule has 1 heterocycles. The Morgan fingerprint density at radius 1 is 1.45 bits per heavy atom. The molecule has 1 saturated heterocycles. The van der Waals surface area contributed by atoms with E-state index in [4.69, 9.17) is 11.0 Å². The van der Waals surface area contributed by atoms with Gasteiger partial charge in [-0.25, -0.2) is 8.42 Å². The molecule has 0 bridgehead atoms. The van der Waals surface area contributed by atoms with E-state index >= 15 is 0 Å². The minimum atomic E-state index is -3.57. The van der Waals surface area contributed by atoms with E-state index in [2.05, 4.69) is 0 Å². The summed E-state index contributed by atoms with van der Waals surface area (Å²) in [6, 6.07) is 6.68. The fourth-order valence-electron chi connectivity index (χ4n) is 2.62. The van der Waals surface area contributed by atoms with Gasteiger partial charge in [0.2, 0.25) is 10.0 Å². The summed E-state index contributed by atoms with van der Waals surface area (Å²) >= 11 is 0. The molecule has 1 aromatic carbocycles. The monoisotopic (exact) mass is 293 g/mol. The van der Waals surface area contributed by atoms with E-state index in [1.165, 1.54) is 10.4 Å². The average Bonchev–Trinajstić information content (AvgIpc) is 2.38. The van der Waals surface area contributed by atoms with Crippen LogP contribution in [0.2, 0.25) is 0 Å². The molecule has 0 amide bonds. The zero-order valence-corrected chi connectivity index (χ0v) is 12.5. The van der Waals surface area contributed by atoms with Crippen LogP contribution in [0, 0.1) is 18.3 Å². The lowest BCUT2D eigenvalue weighted by atomic mass is 10.0. The van der Waals surface area contributed by atoms with E-state index in [1.54, 1.807) is 19.1 Å². The second-order valence-corrected chi connectivity index (χ2v) is 7.20. The van der Waals surface area contributed by atoms with Crippen LogP contribution in [0.15, 0.2) is 23.1 Å². The zero-order valence-electron chi connectivity index (χ0n) is 11.7. The first kappa shape index (κ1) is 15.0. The van der Waals surface area contributed by atoms with Crippen molar-refractivity contribution in [3.8, 4) is 6.07 Å². The number of nitrogens with two attached hydrogens (primary N) is 1. The van der Waals surface area contributed by atoms with E-state index in [0.717, 1.165) is 0 Å². The lowest BCUT2D eigenvalue weighted by Crippen LogP contribution is -2.48. The molecule has 2 atom stereocenters. The normalized spacial score (nSPS) is 24.3. The lowest BCUT2D eigenvalue weighted by molar-refractivity contribution is 0.247. The highest BCUT2D eigenvalue weighted by Gasteiger charge is 2.34. The number of rotatable bonds is 2. The first-order valence-corrected chi connectivity index (χ1v) is 8.08. The number of piperidine rings is 1. The number of benzene rings is 1. The standard InChI is InChI=1S/C14H19N3O2S/c1-10-3-4-12(9-15)8-14(10)20(18,19)17-6-5-13(16)7-11(17)2/h3-4,8,11,13H,5-7,16H2,1-2H3. The molecule has 1 fully saturated rings. The average molecular weight is 293 g/mol. The molecular weight excluding hydrogens is 274 g/mol. The number of nitrogens with zero attached hydrogens (tertiary/aromatic N) is 2. The maximum absolute atomic E-state index is 12.8. The molecule has 0 radical (unpaired) electrons. The Morgan fingerprint density at radius 2 is 2.15 bits per heavy atom. The van der Waals surface area contributed by atoms with Crippen LogP contribution in [0.4, 0.5) is 0 Å². The lowest BCUT2D eigenvalue weighted by Gasteiger charge is -2.35. The van der Waals surface area contributed by atoms with Crippen molar-refractivity contribution in [2.24, 2.45) is 5.73 Å². The summed E-state index contributed by atoms with van der Waals surface area (Å²) in [4.78, 5) is 0.221. The predicted molar refractivity (Wildman–Crippen MR) is 76.5 cm³/mol. The first-order valence-electron chi connectivity index (χ1n) is 6.64. The zero-order chi connectivity index (χ0) is 14.9. The van der Waals surface area contributed by atoms with Gasteiger partial charge in [0.05, 0.1) is 16.5 Å². The number of sulfonamides is 1. The Morgan fingerprint density at radius 3 is 2.75 bits per heavy atom. The molecule has 1 aliphatic rings. The van der Waals surface area contributed by atoms with Crippen molar-refractivity contribution in [3.05, 3.63) is 29.3 Å². The Balaban J connectivity index is 2.43. The molecule has 0 aromatic heterocycles. The molecule has 20 heavy (non-hydrogen) atoms. The van der Waals surface area contributed by atoms with Gasteiger partial charge in [-0.1, -0.05) is 6.07 Å². The van der Waals surface area contributed by atoms with E-state index in [-0.39, 0.29) is 17.0 Å². The maximum atomic E-state index is 12.8. The summed E-state index contributed by atoms with van der Waals surface area (Å²) in [5, 5.41) is 8.94. The Bertz CT molecular complexity index is 649. The van der Waals surface area contributed by atoms with Gasteiger partial charge < -0.3 is 5.73 Å². The quantitative estimate of drug-likeness (QED) is 0.892. The van der Waals surface area contributed by atoms with Crippen molar-refractivity contribution in [1.29, 1.82) is 5.26 Å². The van der Waals surface area contributed by atoms with Gasteiger partial charge >= 0.3 is 0 Å². The van der Waals surface area contributed by atoms with Gasteiger partial charge in [-0.05, 0) is 44.4 Å². The number of hydrogen-bond acceptors (Lipinski definition) is 4. The third-order valence-electron chi connectivity index (χ3n) is 3.76. The van der Waals surface area contributed by atoms with Gasteiger partial charge in [-0.15, -0.1) is 0 Å². The highest BCUT2D eigenvalue weighted by atomic mass is 32.2. The van der Waals surface area contributed by atoms with Crippen LogP contribution in [-0.2, 0) is 10.0 Å². The van der Waals surface area contributed by atoms with Crippen LogP contribution in [0.5, 0.6) is 0 Å². The summed E-state index contributed by atoms with van der Waals surface area (Å²) in [7, 11) is -3.57. The molecule has 0 aliphatic carbocycles. The van der Waals surface area contributed by atoms with Crippen molar-refractivity contribution in [1.82, 2.24) is 4.31 Å². The van der Waals surface area contributed by atoms with Crippen LogP contribution < -0.4 is 5.73 Å². The second kappa shape index (κ2) is 5.52. The van der Waals surface area contributed by atoms with Crippen LogP contribution in [-0.4, -0.2) is 31.4 Å². The SMILES string of the molecule is Cc1ccc(C#N)cc1S(=O)(=O)N1CCC(N)CC1C. The molecule has 6 heteroatoms. The third-order valence-corrected chi connectivity index (χ3v) is 5.92. The van der Waals surface area contributed by atoms with Crippen LogP contribution in [0.1, 0.15) is 30.9 Å². The van der Waals surface area contributed by atoms with E-state index in [1.807, 2.05) is 13.0 Å². The van der Waals surface area contributed by atoms with Crippen molar-refractivity contribution < 1.29 is 8.42 Å². The van der Waals surface area contributed by atoms with Gasteiger partial charge in [0.15, 0.2) is 0 Å². The summed E-state index contributed by atoms with van der Waals surface area (Å²) < 4.78 is 27.0. The van der Waals surface area contributed by atoms with Crippen molar-refractivity contribution in [3.63, 3.8) is 0 Å². The minimum Gasteiger partial charge on any atom is -0.328 e. The van der Waals surface area contributed by atoms with Crippen molar-refractivity contribution in [2.75, 3.05) is 6.54 Å². The molecule has 1 aromatic rings. The first-order chi connectivity index (χ1) is 9.36.